The summed E-state index contributed by atoms with van der Waals surface area (Å²) in [5.74, 6) is -0.423. The molecule has 2 nitrogen and oxygen atoms in total. The van der Waals surface area contributed by atoms with Crippen LogP contribution in [0, 0.1) is 11.7 Å². The van der Waals surface area contributed by atoms with Gasteiger partial charge in [0.15, 0.2) is 0 Å². The van der Waals surface area contributed by atoms with Crippen molar-refractivity contribution in [3.8, 4) is 0 Å². The molecule has 2 unspecified atom stereocenters. The lowest BCUT2D eigenvalue weighted by molar-refractivity contribution is 0.0944. The highest BCUT2D eigenvalue weighted by Gasteiger charge is 2.23. The van der Waals surface area contributed by atoms with E-state index in [1.54, 1.807) is 0 Å². The molecule has 1 N–H and O–H groups in total. The summed E-state index contributed by atoms with van der Waals surface area (Å²) >= 11 is 12.1. The number of benzene rings is 1. The Balaban J connectivity index is 1.93. The van der Waals surface area contributed by atoms with E-state index in [9.17, 15) is 9.18 Å². The van der Waals surface area contributed by atoms with Crippen LogP contribution < -0.4 is 5.32 Å². The molecule has 1 aliphatic carbocycles. The molecule has 19 heavy (non-hydrogen) atoms. The van der Waals surface area contributed by atoms with E-state index in [1.807, 2.05) is 0 Å². The monoisotopic (exact) mass is 303 g/mol. The largest absolute Gasteiger partial charge is 0.352 e. The Morgan fingerprint density at radius 3 is 2.79 bits per heavy atom. The molecule has 1 aromatic carbocycles. The highest BCUT2D eigenvalue weighted by molar-refractivity contribution is 6.33. The van der Waals surface area contributed by atoms with E-state index in [0.29, 0.717) is 18.0 Å². The fourth-order valence-corrected chi connectivity index (χ4v) is 3.01. The van der Waals surface area contributed by atoms with Gasteiger partial charge in [0.25, 0.3) is 5.91 Å². The van der Waals surface area contributed by atoms with Gasteiger partial charge in [-0.05, 0) is 37.0 Å². The van der Waals surface area contributed by atoms with Crippen molar-refractivity contribution < 1.29 is 9.18 Å². The highest BCUT2D eigenvalue weighted by Crippen LogP contribution is 2.28. The Morgan fingerprint density at radius 2 is 2.11 bits per heavy atom. The van der Waals surface area contributed by atoms with Gasteiger partial charge in [-0.2, -0.15) is 0 Å². The first-order valence-electron chi connectivity index (χ1n) is 6.45. The molecule has 0 spiro atoms. The predicted octanol–water partition coefficient (Wildman–Crippen LogP) is 4.01. The Hall–Kier alpha value is -0.800. The van der Waals surface area contributed by atoms with Gasteiger partial charge in [0.05, 0.1) is 10.6 Å². The second kappa shape index (κ2) is 6.58. The molecular weight excluding hydrogens is 288 g/mol. The maximum absolute atomic E-state index is 12.9. The van der Waals surface area contributed by atoms with Gasteiger partial charge in [0.2, 0.25) is 0 Å². The van der Waals surface area contributed by atoms with E-state index in [0.717, 1.165) is 31.7 Å². The zero-order chi connectivity index (χ0) is 13.8. The number of hydrogen-bond donors (Lipinski definition) is 1. The zero-order valence-corrected chi connectivity index (χ0v) is 12.0. The number of nitrogens with one attached hydrogen (secondary N) is 1. The third kappa shape index (κ3) is 3.83. The molecule has 2 atom stereocenters. The predicted molar refractivity (Wildman–Crippen MR) is 75.3 cm³/mol. The molecule has 0 saturated heterocycles. The third-order valence-corrected chi connectivity index (χ3v) is 4.40. The van der Waals surface area contributed by atoms with Gasteiger partial charge < -0.3 is 5.32 Å². The van der Waals surface area contributed by atoms with E-state index < -0.39 is 5.82 Å². The zero-order valence-electron chi connectivity index (χ0n) is 10.5. The minimum Gasteiger partial charge on any atom is -0.352 e. The summed E-state index contributed by atoms with van der Waals surface area (Å²) in [6.45, 7) is 0.542. The van der Waals surface area contributed by atoms with Crippen molar-refractivity contribution in [2.45, 2.75) is 31.1 Å². The SMILES string of the molecule is O=C(NCC1CCCCC1Cl)c1ccc(F)cc1Cl. The molecular formula is C14H16Cl2FNO. The first kappa shape index (κ1) is 14.6. The lowest BCUT2D eigenvalue weighted by Crippen LogP contribution is -2.34. The van der Waals surface area contributed by atoms with Crippen LogP contribution in [0.15, 0.2) is 18.2 Å². The number of carbonyl (C=O) groups excluding carboxylic acids is 1. The van der Waals surface area contributed by atoms with Crippen LogP contribution in [0.5, 0.6) is 0 Å². The fourth-order valence-electron chi connectivity index (χ4n) is 2.38. The Kier molecular flexibility index (Phi) is 5.06. The summed E-state index contributed by atoms with van der Waals surface area (Å²) in [6, 6.07) is 3.76. The van der Waals surface area contributed by atoms with Crippen molar-refractivity contribution in [2.75, 3.05) is 6.54 Å². The van der Waals surface area contributed by atoms with Gasteiger partial charge in [-0.1, -0.05) is 24.4 Å². The van der Waals surface area contributed by atoms with Crippen LogP contribution in [0.2, 0.25) is 5.02 Å². The van der Waals surface area contributed by atoms with E-state index in [-0.39, 0.29) is 16.3 Å². The van der Waals surface area contributed by atoms with Crippen LogP contribution in [0.4, 0.5) is 4.39 Å². The van der Waals surface area contributed by atoms with Crippen molar-refractivity contribution in [3.05, 3.63) is 34.6 Å². The average molecular weight is 304 g/mol. The van der Waals surface area contributed by atoms with Crippen LogP contribution in [0.3, 0.4) is 0 Å². The van der Waals surface area contributed by atoms with Gasteiger partial charge >= 0.3 is 0 Å². The lowest BCUT2D eigenvalue weighted by atomic mass is 9.88. The number of rotatable bonds is 3. The number of carbonyl (C=O) groups is 1. The van der Waals surface area contributed by atoms with Gasteiger partial charge in [-0.3, -0.25) is 4.79 Å². The molecule has 0 aromatic heterocycles. The third-order valence-electron chi connectivity index (χ3n) is 3.52. The minimum absolute atomic E-state index is 0.123. The van der Waals surface area contributed by atoms with E-state index in [1.165, 1.54) is 12.1 Å². The van der Waals surface area contributed by atoms with Gasteiger partial charge in [-0.15, -0.1) is 11.6 Å². The van der Waals surface area contributed by atoms with Crippen LogP contribution in [-0.4, -0.2) is 17.8 Å². The summed E-state index contributed by atoms with van der Waals surface area (Å²) in [5.41, 5.74) is 0.296. The van der Waals surface area contributed by atoms with E-state index >= 15 is 0 Å². The van der Waals surface area contributed by atoms with Crippen molar-refractivity contribution in [1.82, 2.24) is 5.32 Å². The molecule has 0 heterocycles. The molecule has 1 aliphatic rings. The van der Waals surface area contributed by atoms with Crippen LogP contribution in [0.1, 0.15) is 36.0 Å². The van der Waals surface area contributed by atoms with Crippen molar-refractivity contribution in [3.63, 3.8) is 0 Å². The van der Waals surface area contributed by atoms with Gasteiger partial charge in [-0.25, -0.2) is 4.39 Å². The van der Waals surface area contributed by atoms with Crippen LogP contribution in [-0.2, 0) is 0 Å². The number of halogens is 3. The fraction of sp³-hybridized carbons (Fsp3) is 0.500. The second-order valence-corrected chi connectivity index (χ2v) is 5.86. The summed E-state index contributed by atoms with van der Waals surface area (Å²) in [7, 11) is 0. The Labute approximate surface area is 122 Å². The summed E-state index contributed by atoms with van der Waals surface area (Å²) < 4.78 is 12.9. The van der Waals surface area contributed by atoms with E-state index in [2.05, 4.69) is 5.32 Å². The standard InChI is InChI=1S/C14H16Cl2FNO/c15-12-4-2-1-3-9(12)8-18-14(19)11-6-5-10(17)7-13(11)16/h5-7,9,12H,1-4,8H2,(H,18,19). The molecule has 0 aliphatic heterocycles. The Morgan fingerprint density at radius 1 is 1.37 bits per heavy atom. The average Bonchev–Trinajstić information content (AvgIpc) is 2.37. The van der Waals surface area contributed by atoms with Crippen LogP contribution >= 0.6 is 23.2 Å². The summed E-state index contributed by atoms with van der Waals surface area (Å²) in [6.07, 6.45) is 4.34. The maximum Gasteiger partial charge on any atom is 0.252 e. The topological polar surface area (TPSA) is 29.1 Å². The van der Waals surface area contributed by atoms with Crippen LogP contribution in [0.25, 0.3) is 0 Å². The van der Waals surface area contributed by atoms with Gasteiger partial charge in [0, 0.05) is 11.9 Å². The first-order valence-corrected chi connectivity index (χ1v) is 7.26. The molecule has 1 amide bonds. The molecule has 1 fully saturated rings. The maximum atomic E-state index is 12.9. The number of hydrogen-bond acceptors (Lipinski definition) is 1. The normalized spacial score (nSPS) is 23.1. The van der Waals surface area contributed by atoms with E-state index in [4.69, 9.17) is 23.2 Å². The molecule has 5 heteroatoms. The highest BCUT2D eigenvalue weighted by atomic mass is 35.5. The molecule has 1 aromatic rings. The lowest BCUT2D eigenvalue weighted by Gasteiger charge is -2.27. The molecule has 0 bridgehead atoms. The van der Waals surface area contributed by atoms with Crippen molar-refractivity contribution in [2.24, 2.45) is 5.92 Å². The molecule has 104 valence electrons. The minimum atomic E-state index is -0.449. The molecule has 1 saturated carbocycles. The number of alkyl halides is 1. The Bertz CT molecular complexity index is 467. The molecule has 2 rings (SSSR count). The molecule has 0 radical (unpaired) electrons. The van der Waals surface area contributed by atoms with Crippen molar-refractivity contribution in [1.29, 1.82) is 0 Å². The first-order chi connectivity index (χ1) is 9.08. The second-order valence-electron chi connectivity index (χ2n) is 4.89. The smallest absolute Gasteiger partial charge is 0.252 e. The van der Waals surface area contributed by atoms with Gasteiger partial charge in [0.1, 0.15) is 5.82 Å². The summed E-state index contributed by atoms with van der Waals surface area (Å²) in [5, 5.41) is 3.08. The quantitative estimate of drug-likeness (QED) is 0.840. The number of amides is 1. The van der Waals surface area contributed by atoms with Crippen molar-refractivity contribution >= 4 is 29.1 Å². The summed E-state index contributed by atoms with van der Waals surface area (Å²) in [4.78, 5) is 12.0.